The van der Waals surface area contributed by atoms with Crippen molar-refractivity contribution in [2.24, 2.45) is 5.73 Å². The van der Waals surface area contributed by atoms with Gasteiger partial charge in [-0.15, -0.1) is 0 Å². The highest BCUT2D eigenvalue weighted by Gasteiger charge is 2.25. The normalized spacial score (nSPS) is 18.6. The zero-order chi connectivity index (χ0) is 18.5. The SMILES string of the molecule is NCC(OC1CCCCO1)c1oc(CCc2ccccc2)c2ccccc12. The lowest BCUT2D eigenvalue weighted by molar-refractivity contribution is -0.190. The molecule has 2 heterocycles. The largest absolute Gasteiger partial charge is 0.462 e. The highest BCUT2D eigenvalue weighted by Crippen LogP contribution is 2.34. The molecule has 4 heteroatoms. The Morgan fingerprint density at radius 3 is 2.48 bits per heavy atom. The Balaban J connectivity index is 1.58. The van der Waals surface area contributed by atoms with Crippen molar-refractivity contribution in [2.75, 3.05) is 13.2 Å². The Hall–Kier alpha value is -2.14. The number of furan rings is 1. The summed E-state index contributed by atoms with van der Waals surface area (Å²) in [6.07, 6.45) is 4.45. The molecule has 142 valence electrons. The van der Waals surface area contributed by atoms with Crippen molar-refractivity contribution in [3.63, 3.8) is 0 Å². The van der Waals surface area contributed by atoms with Gasteiger partial charge in [0.2, 0.25) is 0 Å². The molecule has 1 saturated heterocycles. The maximum absolute atomic E-state index is 6.32. The molecule has 4 rings (SSSR count). The predicted octanol–water partition coefficient (Wildman–Crippen LogP) is 4.76. The molecule has 0 amide bonds. The van der Waals surface area contributed by atoms with Crippen LogP contribution in [0.15, 0.2) is 59.0 Å². The van der Waals surface area contributed by atoms with Crippen LogP contribution in [0.4, 0.5) is 0 Å². The summed E-state index contributed by atoms with van der Waals surface area (Å²) in [6.45, 7) is 1.12. The van der Waals surface area contributed by atoms with Crippen molar-refractivity contribution in [1.82, 2.24) is 0 Å². The Morgan fingerprint density at radius 2 is 1.74 bits per heavy atom. The number of benzene rings is 2. The Bertz CT molecular complexity index is 852. The first-order valence-electron chi connectivity index (χ1n) is 9.86. The van der Waals surface area contributed by atoms with E-state index in [1.165, 1.54) is 5.56 Å². The van der Waals surface area contributed by atoms with E-state index in [0.717, 1.165) is 61.0 Å². The molecule has 1 aromatic heterocycles. The molecule has 2 aromatic carbocycles. The van der Waals surface area contributed by atoms with E-state index < -0.39 is 0 Å². The van der Waals surface area contributed by atoms with Crippen LogP contribution in [0, 0.1) is 0 Å². The van der Waals surface area contributed by atoms with Gasteiger partial charge in [0.05, 0.1) is 0 Å². The number of hydrogen-bond acceptors (Lipinski definition) is 4. The lowest BCUT2D eigenvalue weighted by atomic mass is 10.0. The molecular formula is C23H27NO3. The zero-order valence-corrected chi connectivity index (χ0v) is 15.6. The molecule has 3 aromatic rings. The third kappa shape index (κ3) is 4.24. The van der Waals surface area contributed by atoms with Crippen LogP contribution in [0.2, 0.25) is 0 Å². The van der Waals surface area contributed by atoms with Gasteiger partial charge in [0.15, 0.2) is 6.29 Å². The van der Waals surface area contributed by atoms with Crippen molar-refractivity contribution in [3.05, 3.63) is 71.7 Å². The van der Waals surface area contributed by atoms with E-state index in [-0.39, 0.29) is 12.4 Å². The van der Waals surface area contributed by atoms with Crippen LogP contribution < -0.4 is 5.73 Å². The molecule has 2 atom stereocenters. The van der Waals surface area contributed by atoms with E-state index in [9.17, 15) is 0 Å². The minimum absolute atomic E-state index is 0.191. The quantitative estimate of drug-likeness (QED) is 0.656. The average Bonchev–Trinajstić information content (AvgIpc) is 3.11. The first-order valence-corrected chi connectivity index (χ1v) is 9.86. The highest BCUT2D eigenvalue weighted by atomic mass is 16.7. The Kier molecular flexibility index (Phi) is 5.87. The summed E-state index contributed by atoms with van der Waals surface area (Å²) < 4.78 is 18.2. The van der Waals surface area contributed by atoms with E-state index in [2.05, 4.69) is 42.5 Å². The second kappa shape index (κ2) is 8.70. The van der Waals surface area contributed by atoms with Crippen molar-refractivity contribution < 1.29 is 13.9 Å². The first kappa shape index (κ1) is 18.2. The van der Waals surface area contributed by atoms with Crippen LogP contribution in [0.25, 0.3) is 10.8 Å². The minimum Gasteiger partial charge on any atom is -0.462 e. The van der Waals surface area contributed by atoms with Gasteiger partial charge in [-0.2, -0.15) is 0 Å². The fraction of sp³-hybridized carbons (Fsp3) is 0.391. The van der Waals surface area contributed by atoms with E-state index in [1.807, 2.05) is 12.1 Å². The van der Waals surface area contributed by atoms with Crippen LogP contribution in [0.3, 0.4) is 0 Å². The van der Waals surface area contributed by atoms with Gasteiger partial charge in [-0.05, 0) is 31.2 Å². The number of hydrogen-bond donors (Lipinski definition) is 1. The number of rotatable bonds is 7. The fourth-order valence-electron chi connectivity index (χ4n) is 3.74. The summed E-state index contributed by atoms with van der Waals surface area (Å²) in [5.41, 5.74) is 7.35. The van der Waals surface area contributed by atoms with Gasteiger partial charge in [-0.1, -0.05) is 54.6 Å². The molecule has 1 fully saturated rings. The van der Waals surface area contributed by atoms with Crippen LogP contribution in [-0.2, 0) is 22.3 Å². The lowest BCUT2D eigenvalue weighted by Crippen LogP contribution is -2.27. The summed E-state index contributed by atoms with van der Waals surface area (Å²) in [5.74, 6) is 1.82. The maximum atomic E-state index is 6.32. The second-order valence-electron chi connectivity index (χ2n) is 7.08. The molecule has 0 aliphatic carbocycles. The molecule has 1 aliphatic rings. The standard InChI is InChI=1S/C23H27NO3/c24-16-21(26-22-12-6-7-15-25-22)23-19-11-5-4-10-18(19)20(27-23)14-13-17-8-2-1-3-9-17/h1-5,8-11,21-22H,6-7,12-16,24H2. The fourth-order valence-corrected chi connectivity index (χ4v) is 3.74. The summed E-state index contributed by atoms with van der Waals surface area (Å²) in [7, 11) is 0. The smallest absolute Gasteiger partial charge is 0.158 e. The molecule has 0 radical (unpaired) electrons. The monoisotopic (exact) mass is 365 g/mol. The average molecular weight is 365 g/mol. The molecule has 1 aliphatic heterocycles. The molecule has 2 unspecified atom stereocenters. The lowest BCUT2D eigenvalue weighted by Gasteiger charge is -2.26. The number of fused-ring (bicyclic) bond motifs is 1. The molecular weight excluding hydrogens is 338 g/mol. The van der Waals surface area contributed by atoms with E-state index in [0.29, 0.717) is 6.54 Å². The van der Waals surface area contributed by atoms with E-state index >= 15 is 0 Å². The first-order chi connectivity index (χ1) is 13.3. The maximum Gasteiger partial charge on any atom is 0.158 e. The Labute approximate surface area is 160 Å². The van der Waals surface area contributed by atoms with Crippen LogP contribution in [-0.4, -0.2) is 19.4 Å². The van der Waals surface area contributed by atoms with Crippen molar-refractivity contribution in [3.8, 4) is 0 Å². The number of ether oxygens (including phenoxy) is 2. The summed E-state index contributed by atoms with van der Waals surface area (Å²) >= 11 is 0. The summed E-state index contributed by atoms with van der Waals surface area (Å²) in [6, 6.07) is 18.8. The molecule has 27 heavy (non-hydrogen) atoms. The molecule has 0 bridgehead atoms. The van der Waals surface area contributed by atoms with Gasteiger partial charge in [0, 0.05) is 30.3 Å². The molecule has 0 spiro atoms. The topological polar surface area (TPSA) is 57.6 Å². The minimum atomic E-state index is -0.288. The predicted molar refractivity (Wildman–Crippen MR) is 107 cm³/mol. The molecule has 2 N–H and O–H groups in total. The van der Waals surface area contributed by atoms with Gasteiger partial charge in [0.1, 0.15) is 17.6 Å². The van der Waals surface area contributed by atoms with Crippen LogP contribution >= 0.6 is 0 Å². The molecule has 4 nitrogen and oxygen atoms in total. The van der Waals surface area contributed by atoms with Gasteiger partial charge < -0.3 is 19.6 Å². The van der Waals surface area contributed by atoms with Gasteiger partial charge in [-0.25, -0.2) is 0 Å². The second-order valence-corrected chi connectivity index (χ2v) is 7.08. The van der Waals surface area contributed by atoms with Gasteiger partial charge >= 0.3 is 0 Å². The van der Waals surface area contributed by atoms with Gasteiger partial charge in [0.25, 0.3) is 0 Å². The van der Waals surface area contributed by atoms with Crippen LogP contribution in [0.5, 0.6) is 0 Å². The highest BCUT2D eigenvalue weighted by molar-refractivity contribution is 5.87. The van der Waals surface area contributed by atoms with Crippen molar-refractivity contribution >= 4 is 10.8 Å². The Morgan fingerprint density at radius 1 is 0.963 bits per heavy atom. The third-order valence-corrected chi connectivity index (χ3v) is 5.17. The van der Waals surface area contributed by atoms with Gasteiger partial charge in [-0.3, -0.25) is 0 Å². The van der Waals surface area contributed by atoms with Crippen molar-refractivity contribution in [1.29, 1.82) is 0 Å². The van der Waals surface area contributed by atoms with E-state index in [4.69, 9.17) is 19.6 Å². The zero-order valence-electron chi connectivity index (χ0n) is 15.6. The third-order valence-electron chi connectivity index (χ3n) is 5.17. The summed E-state index contributed by atoms with van der Waals surface area (Å²) in [4.78, 5) is 0. The van der Waals surface area contributed by atoms with Crippen molar-refractivity contribution in [2.45, 2.75) is 44.5 Å². The number of aryl methyl sites for hydroxylation is 2. The molecule has 0 saturated carbocycles. The van der Waals surface area contributed by atoms with E-state index in [1.54, 1.807) is 0 Å². The van der Waals surface area contributed by atoms with Crippen LogP contribution in [0.1, 0.15) is 42.5 Å². The number of nitrogens with two attached hydrogens (primary N) is 1. The summed E-state index contributed by atoms with van der Waals surface area (Å²) in [5, 5.41) is 2.24.